The lowest BCUT2D eigenvalue weighted by Crippen LogP contribution is -2.14. The van der Waals surface area contributed by atoms with Gasteiger partial charge in [-0.25, -0.2) is 0 Å². The number of benzene rings is 3. The molecule has 0 heterocycles. The summed E-state index contributed by atoms with van der Waals surface area (Å²) in [6.07, 6.45) is 6.30. The summed E-state index contributed by atoms with van der Waals surface area (Å²) in [7, 11) is 0. The van der Waals surface area contributed by atoms with E-state index >= 15 is 0 Å². The van der Waals surface area contributed by atoms with Crippen LogP contribution in [0.4, 0.5) is 22.7 Å². The molecule has 3 rings (SSSR count). The van der Waals surface area contributed by atoms with Crippen LogP contribution < -0.4 is 21.1 Å². The predicted octanol–water partition coefficient (Wildman–Crippen LogP) is 5.33. The number of amides is 2. The smallest absolute Gasteiger partial charge is 0.221 e. The van der Waals surface area contributed by atoms with Crippen LogP contribution in [0.3, 0.4) is 0 Å². The molecule has 0 radical (unpaired) electrons. The first-order valence-corrected chi connectivity index (χ1v) is 10.8. The highest BCUT2D eigenvalue weighted by Crippen LogP contribution is 2.33. The van der Waals surface area contributed by atoms with E-state index in [4.69, 9.17) is 0 Å². The molecule has 0 aliphatic rings. The third kappa shape index (κ3) is 6.78. The van der Waals surface area contributed by atoms with E-state index in [-0.39, 0.29) is 39.5 Å². The van der Waals surface area contributed by atoms with E-state index in [0.29, 0.717) is 22.5 Å². The minimum Gasteiger partial charge on any atom is -0.769 e. The largest absolute Gasteiger partial charge is 0.769 e. The fourth-order valence-corrected chi connectivity index (χ4v) is 3.46. The highest BCUT2D eigenvalue weighted by Gasteiger charge is 2.11. The Labute approximate surface area is 207 Å². The Morgan fingerprint density at radius 2 is 1.11 bits per heavy atom. The molecule has 0 saturated heterocycles. The van der Waals surface area contributed by atoms with E-state index in [1.807, 2.05) is 0 Å². The summed E-state index contributed by atoms with van der Waals surface area (Å²) in [5.74, 6) is -0.514. The molecule has 3 aromatic carbocycles. The molecule has 3 aromatic rings. The van der Waals surface area contributed by atoms with Gasteiger partial charge in [0.2, 0.25) is 11.8 Å². The van der Waals surface area contributed by atoms with Crippen LogP contribution in [0, 0.1) is 10.4 Å². The number of hydrogen-bond acceptors (Lipinski definition) is 8. The number of rotatable bonds is 8. The normalized spacial score (nSPS) is 11.1. The highest BCUT2D eigenvalue weighted by atomic mass is 16.8. The van der Waals surface area contributed by atoms with Crippen molar-refractivity contribution < 1.29 is 20.0 Å². The van der Waals surface area contributed by atoms with Gasteiger partial charge in [0, 0.05) is 36.5 Å². The van der Waals surface area contributed by atoms with Crippen molar-refractivity contribution in [2.75, 3.05) is 21.1 Å². The van der Waals surface area contributed by atoms with Gasteiger partial charge in [-0.1, -0.05) is 60.7 Å². The molecular weight excluding hydrogens is 464 g/mol. The molecule has 10 heteroatoms. The van der Waals surface area contributed by atoms with Crippen molar-refractivity contribution in [3.8, 4) is 0 Å². The Balaban J connectivity index is 2.08. The Morgan fingerprint density at radius 1 is 0.694 bits per heavy atom. The summed E-state index contributed by atoms with van der Waals surface area (Å²) >= 11 is 0. The third-order valence-electron chi connectivity index (χ3n) is 5.02. The molecule has 0 spiro atoms. The van der Waals surface area contributed by atoms with Crippen molar-refractivity contribution in [1.82, 2.24) is 0 Å². The summed E-state index contributed by atoms with van der Waals surface area (Å²) in [4.78, 5) is 23.0. The average molecular weight is 489 g/mol. The number of nitrogens with one attached hydrogen (secondary N) is 2. The van der Waals surface area contributed by atoms with Crippen molar-refractivity contribution in [3.63, 3.8) is 0 Å². The molecule has 2 amide bonds. The van der Waals surface area contributed by atoms with Gasteiger partial charge < -0.3 is 26.3 Å². The van der Waals surface area contributed by atoms with Crippen molar-refractivity contribution in [2.24, 2.45) is 0 Å². The van der Waals surface area contributed by atoms with Crippen LogP contribution >= 0.6 is 0 Å². The van der Waals surface area contributed by atoms with Crippen LogP contribution in [0.2, 0.25) is 0 Å². The quantitative estimate of drug-likeness (QED) is 0.245. The van der Waals surface area contributed by atoms with E-state index in [1.54, 1.807) is 66.8 Å². The third-order valence-corrected chi connectivity index (χ3v) is 5.02. The first-order chi connectivity index (χ1) is 17.2. The van der Waals surface area contributed by atoms with Gasteiger partial charge in [0.25, 0.3) is 0 Å². The molecule has 0 bridgehead atoms. The fraction of sp³-hybridized carbons (Fsp3) is 0.0769. The molecule has 0 aliphatic carbocycles. The zero-order valence-electron chi connectivity index (χ0n) is 19.5. The van der Waals surface area contributed by atoms with Crippen LogP contribution in [0.5, 0.6) is 0 Å². The number of nitrogens with zero attached hydrogens (tertiary/aromatic N) is 2. The molecular formula is C26H24N4O6-2. The lowest BCUT2D eigenvalue weighted by Gasteiger charge is -2.39. The minimum absolute atomic E-state index is 0.189. The highest BCUT2D eigenvalue weighted by molar-refractivity contribution is 5.94. The molecule has 10 nitrogen and oxygen atoms in total. The maximum atomic E-state index is 11.7. The second-order valence-corrected chi connectivity index (χ2v) is 7.72. The number of anilines is 4. The Morgan fingerprint density at radius 3 is 1.53 bits per heavy atom. The van der Waals surface area contributed by atoms with Crippen molar-refractivity contribution in [2.45, 2.75) is 13.8 Å². The maximum Gasteiger partial charge on any atom is 0.221 e. The van der Waals surface area contributed by atoms with E-state index < -0.39 is 5.23 Å². The Hall–Kier alpha value is -4.48. The standard InChI is InChI=1S/C26H24N4O6/c1-17(31)27-23-9-5-3-7-19(23)11-13-21-15-22(26(30(35)36)16-25(21)29(33)34)14-12-20-8-4-6-10-24(20)28-18(2)32/h3-16,33-34H,1-2H3,(H,27,31)(H,28,32)/q-2. The minimum atomic E-state index is -0.633. The van der Waals surface area contributed by atoms with Gasteiger partial charge in [-0.05, 0) is 41.0 Å². The number of carbonyl (C=O) groups excluding carboxylic acids is 2. The molecule has 0 aliphatic heterocycles. The first-order valence-electron chi connectivity index (χ1n) is 10.8. The number of carbonyl (C=O) groups is 2. The van der Waals surface area contributed by atoms with Gasteiger partial charge in [-0.3, -0.25) is 20.0 Å². The van der Waals surface area contributed by atoms with Crippen molar-refractivity contribution in [3.05, 3.63) is 93.3 Å². The topological polar surface area (TPSA) is 151 Å². The molecule has 0 atom stereocenters. The average Bonchev–Trinajstić information content (AvgIpc) is 2.81. The van der Waals surface area contributed by atoms with Crippen LogP contribution in [0.15, 0.2) is 60.7 Å². The van der Waals surface area contributed by atoms with Gasteiger partial charge in [-0.15, -0.1) is 5.23 Å². The van der Waals surface area contributed by atoms with E-state index in [9.17, 15) is 30.4 Å². The molecule has 186 valence electrons. The summed E-state index contributed by atoms with van der Waals surface area (Å²) in [5, 5.41) is 47.5. The Bertz CT molecular complexity index is 1220. The number of hydrogen-bond donors (Lipinski definition) is 4. The van der Waals surface area contributed by atoms with Gasteiger partial charge in [-0.2, -0.15) is 0 Å². The summed E-state index contributed by atoms with van der Waals surface area (Å²) in [6, 6.07) is 16.4. The predicted molar refractivity (Wildman–Crippen MR) is 141 cm³/mol. The van der Waals surface area contributed by atoms with Crippen LogP contribution in [-0.4, -0.2) is 22.2 Å². The molecule has 0 fully saturated rings. The molecule has 0 unspecified atom stereocenters. The van der Waals surface area contributed by atoms with Gasteiger partial charge in [0.1, 0.15) is 5.69 Å². The maximum absolute atomic E-state index is 11.7. The molecule has 4 N–H and O–H groups in total. The fourth-order valence-electron chi connectivity index (χ4n) is 3.46. The zero-order chi connectivity index (χ0) is 26.2. The van der Waals surface area contributed by atoms with Gasteiger partial charge in [0.05, 0.1) is 0 Å². The lowest BCUT2D eigenvalue weighted by atomic mass is 10.0. The Kier molecular flexibility index (Phi) is 8.55. The van der Waals surface area contributed by atoms with E-state index in [1.165, 1.54) is 26.0 Å². The number of para-hydroxylation sites is 2. The first kappa shape index (κ1) is 26.1. The SMILES string of the molecule is CC(=O)Nc1ccccc1C=Cc1cc(C=Cc2ccccc2NC(C)=O)c(N(O)O)cc1N([O-])[O-]. The second-order valence-electron chi connectivity index (χ2n) is 7.72. The molecule has 0 saturated carbocycles. The van der Waals surface area contributed by atoms with E-state index in [0.717, 1.165) is 6.07 Å². The molecule has 0 aromatic heterocycles. The van der Waals surface area contributed by atoms with Crippen LogP contribution in [-0.2, 0) is 9.59 Å². The second kappa shape index (κ2) is 11.8. The van der Waals surface area contributed by atoms with Gasteiger partial charge in [0.15, 0.2) is 0 Å². The zero-order valence-corrected chi connectivity index (χ0v) is 19.5. The summed E-state index contributed by atoms with van der Waals surface area (Å²) in [6.45, 7) is 2.76. The lowest BCUT2D eigenvalue weighted by molar-refractivity contribution is -0.115. The molecule has 36 heavy (non-hydrogen) atoms. The van der Waals surface area contributed by atoms with Crippen LogP contribution in [0.1, 0.15) is 36.1 Å². The monoisotopic (exact) mass is 488 g/mol. The van der Waals surface area contributed by atoms with Gasteiger partial charge >= 0.3 is 0 Å². The van der Waals surface area contributed by atoms with Crippen molar-refractivity contribution in [1.29, 1.82) is 0 Å². The van der Waals surface area contributed by atoms with E-state index in [2.05, 4.69) is 10.6 Å². The van der Waals surface area contributed by atoms with Crippen LogP contribution in [0.25, 0.3) is 24.3 Å². The van der Waals surface area contributed by atoms with Crippen molar-refractivity contribution >= 4 is 58.9 Å². The summed E-state index contributed by atoms with van der Waals surface area (Å²) < 4.78 is 0. The summed E-state index contributed by atoms with van der Waals surface area (Å²) in [5.41, 5.74) is 2.22.